The number of imidazole rings is 1. The van der Waals surface area contributed by atoms with Gasteiger partial charge in [-0.3, -0.25) is 0 Å². The molecular weight excluding hydrogens is 324 g/mol. The van der Waals surface area contributed by atoms with Gasteiger partial charge in [-0.05, 0) is 32.4 Å². The Morgan fingerprint density at radius 2 is 1.88 bits per heavy atom. The molecule has 26 heavy (non-hydrogen) atoms. The van der Waals surface area contributed by atoms with Crippen molar-refractivity contribution in [2.24, 2.45) is 0 Å². The number of para-hydroxylation sites is 2. The van der Waals surface area contributed by atoms with E-state index >= 15 is 0 Å². The topological polar surface area (TPSA) is 59.0 Å². The molecule has 0 aliphatic heterocycles. The van der Waals surface area contributed by atoms with E-state index in [1.165, 1.54) is 5.56 Å². The molecule has 0 unspecified atom stereocenters. The minimum atomic E-state index is -0.124. The van der Waals surface area contributed by atoms with Gasteiger partial charge in [-0.2, -0.15) is 0 Å². The van der Waals surface area contributed by atoms with Crippen molar-refractivity contribution in [1.29, 1.82) is 0 Å². The summed E-state index contributed by atoms with van der Waals surface area (Å²) >= 11 is 0. The number of carbonyl (C=O) groups is 1. The average Bonchev–Trinajstić information content (AvgIpc) is 3.01. The Hall–Kier alpha value is -2.82. The third kappa shape index (κ3) is 4.04. The number of nitrogens with zero attached hydrogens (tertiary/aromatic N) is 2. The predicted octanol–water partition coefficient (Wildman–Crippen LogP) is 4.11. The summed E-state index contributed by atoms with van der Waals surface area (Å²) in [5, 5.41) is 5.86. The van der Waals surface area contributed by atoms with Crippen LogP contribution in [0.1, 0.15) is 25.8 Å². The van der Waals surface area contributed by atoms with Crippen molar-refractivity contribution in [3.63, 3.8) is 0 Å². The Balaban J connectivity index is 1.81. The molecule has 2 amide bonds. The first-order valence-electron chi connectivity index (χ1n) is 9.15. The summed E-state index contributed by atoms with van der Waals surface area (Å²) in [5.41, 5.74) is 4.34. The molecule has 136 valence electrons. The van der Waals surface area contributed by atoms with Crippen molar-refractivity contribution >= 4 is 17.1 Å². The number of nitrogens with one attached hydrogen (secondary N) is 2. The van der Waals surface area contributed by atoms with Crippen molar-refractivity contribution in [3.8, 4) is 11.4 Å². The highest BCUT2D eigenvalue weighted by atomic mass is 16.2. The maximum absolute atomic E-state index is 11.9. The van der Waals surface area contributed by atoms with Crippen LogP contribution in [-0.4, -0.2) is 28.2 Å². The van der Waals surface area contributed by atoms with Gasteiger partial charge in [-0.15, -0.1) is 0 Å². The minimum Gasteiger partial charge on any atom is -0.336 e. The second-order valence-electron chi connectivity index (χ2n) is 6.65. The summed E-state index contributed by atoms with van der Waals surface area (Å²) in [6.07, 6.45) is 0.914. The smallest absolute Gasteiger partial charge is 0.315 e. The number of rotatable bonds is 6. The fourth-order valence-corrected chi connectivity index (χ4v) is 2.88. The van der Waals surface area contributed by atoms with E-state index in [4.69, 9.17) is 4.98 Å². The first-order valence-corrected chi connectivity index (χ1v) is 9.15. The summed E-state index contributed by atoms with van der Waals surface area (Å²) in [4.78, 5) is 16.8. The second-order valence-corrected chi connectivity index (χ2v) is 6.65. The van der Waals surface area contributed by atoms with E-state index in [1.807, 2.05) is 25.1 Å². The highest BCUT2D eigenvalue weighted by molar-refractivity contribution is 5.80. The van der Waals surface area contributed by atoms with Crippen LogP contribution in [0.5, 0.6) is 0 Å². The lowest BCUT2D eigenvalue weighted by atomic mass is 10.1. The van der Waals surface area contributed by atoms with Gasteiger partial charge in [0, 0.05) is 24.7 Å². The predicted molar refractivity (Wildman–Crippen MR) is 106 cm³/mol. The molecule has 0 aliphatic rings. The number of hydrogen-bond donors (Lipinski definition) is 2. The highest BCUT2D eigenvalue weighted by Crippen LogP contribution is 2.24. The lowest BCUT2D eigenvalue weighted by Gasteiger charge is -2.14. The van der Waals surface area contributed by atoms with E-state index in [0.29, 0.717) is 13.1 Å². The van der Waals surface area contributed by atoms with Crippen molar-refractivity contribution in [1.82, 2.24) is 20.2 Å². The van der Waals surface area contributed by atoms with Crippen molar-refractivity contribution in [3.05, 3.63) is 54.1 Å². The van der Waals surface area contributed by atoms with Crippen LogP contribution in [-0.2, 0) is 6.54 Å². The molecule has 0 spiro atoms. The largest absolute Gasteiger partial charge is 0.336 e. The summed E-state index contributed by atoms with van der Waals surface area (Å²) in [6, 6.07) is 16.5. The molecule has 1 aromatic heterocycles. The van der Waals surface area contributed by atoms with Gasteiger partial charge in [0.2, 0.25) is 0 Å². The molecule has 1 heterocycles. The van der Waals surface area contributed by atoms with E-state index in [9.17, 15) is 4.79 Å². The van der Waals surface area contributed by atoms with Gasteiger partial charge in [0.05, 0.1) is 11.0 Å². The molecule has 3 aromatic rings. The van der Waals surface area contributed by atoms with E-state index in [2.05, 4.69) is 59.4 Å². The van der Waals surface area contributed by atoms with Gasteiger partial charge >= 0.3 is 6.03 Å². The number of carbonyl (C=O) groups excluding carboxylic acids is 1. The fourth-order valence-electron chi connectivity index (χ4n) is 2.88. The molecule has 5 nitrogen and oxygen atoms in total. The summed E-state index contributed by atoms with van der Waals surface area (Å²) in [7, 11) is 0. The molecule has 0 aliphatic carbocycles. The third-order valence-corrected chi connectivity index (χ3v) is 4.58. The monoisotopic (exact) mass is 350 g/mol. The molecule has 5 heteroatoms. The standard InChI is InChI=1S/C21H26N4O/c1-4-16(3)23-21(26)22-13-14-25-19-8-6-5-7-18(19)24-20(25)17-11-9-15(2)10-12-17/h5-12,16H,4,13-14H2,1-3H3,(H2,22,23,26)/t16-/m1/s1. The zero-order valence-corrected chi connectivity index (χ0v) is 15.6. The number of hydrogen-bond acceptors (Lipinski definition) is 2. The summed E-state index contributed by atoms with van der Waals surface area (Å²) < 4.78 is 2.17. The number of benzene rings is 2. The number of aromatic nitrogens is 2. The van der Waals surface area contributed by atoms with Crippen LogP contribution in [0.4, 0.5) is 4.79 Å². The van der Waals surface area contributed by atoms with Gasteiger partial charge in [0.25, 0.3) is 0 Å². The van der Waals surface area contributed by atoms with Gasteiger partial charge in [0.15, 0.2) is 0 Å². The molecule has 0 saturated carbocycles. The summed E-state index contributed by atoms with van der Waals surface area (Å²) in [6.45, 7) is 7.33. The Morgan fingerprint density at radius 3 is 2.62 bits per heavy atom. The average molecular weight is 350 g/mol. The molecule has 1 atom stereocenters. The zero-order chi connectivity index (χ0) is 18.5. The maximum Gasteiger partial charge on any atom is 0.315 e. The molecule has 0 saturated heterocycles. The summed E-state index contributed by atoms with van der Waals surface area (Å²) in [5.74, 6) is 0.926. The SMILES string of the molecule is CC[C@@H](C)NC(=O)NCCn1c(-c2ccc(C)cc2)nc2ccccc21. The van der Waals surface area contributed by atoms with E-state index < -0.39 is 0 Å². The number of urea groups is 1. The van der Waals surface area contributed by atoms with Crippen LogP contribution >= 0.6 is 0 Å². The van der Waals surface area contributed by atoms with E-state index in [1.54, 1.807) is 0 Å². The zero-order valence-electron chi connectivity index (χ0n) is 15.6. The van der Waals surface area contributed by atoms with Gasteiger partial charge < -0.3 is 15.2 Å². The maximum atomic E-state index is 11.9. The van der Waals surface area contributed by atoms with Gasteiger partial charge in [0.1, 0.15) is 5.82 Å². The van der Waals surface area contributed by atoms with Crippen LogP contribution in [0.3, 0.4) is 0 Å². The number of fused-ring (bicyclic) bond motifs is 1. The molecular formula is C21H26N4O. The van der Waals surface area contributed by atoms with Crippen molar-refractivity contribution in [2.45, 2.75) is 39.8 Å². The molecule has 2 aromatic carbocycles. The lowest BCUT2D eigenvalue weighted by molar-refractivity contribution is 0.237. The molecule has 0 bridgehead atoms. The Kier molecular flexibility index (Phi) is 5.56. The normalized spacial score (nSPS) is 12.1. The second kappa shape index (κ2) is 8.04. The lowest BCUT2D eigenvalue weighted by Crippen LogP contribution is -2.41. The van der Waals surface area contributed by atoms with E-state index in [0.717, 1.165) is 28.8 Å². The van der Waals surface area contributed by atoms with Crippen molar-refractivity contribution < 1.29 is 4.79 Å². The van der Waals surface area contributed by atoms with Gasteiger partial charge in [-0.1, -0.05) is 48.9 Å². The Labute approximate surface area is 154 Å². The molecule has 3 rings (SSSR count). The number of aryl methyl sites for hydroxylation is 1. The quantitative estimate of drug-likeness (QED) is 0.703. The molecule has 0 radical (unpaired) electrons. The third-order valence-electron chi connectivity index (χ3n) is 4.58. The van der Waals surface area contributed by atoms with Crippen LogP contribution in [0.2, 0.25) is 0 Å². The van der Waals surface area contributed by atoms with Crippen LogP contribution in [0, 0.1) is 6.92 Å². The number of amides is 2. The van der Waals surface area contributed by atoms with Crippen LogP contribution in [0.25, 0.3) is 22.4 Å². The van der Waals surface area contributed by atoms with Gasteiger partial charge in [-0.25, -0.2) is 9.78 Å². The van der Waals surface area contributed by atoms with E-state index in [-0.39, 0.29) is 12.1 Å². The Bertz CT molecular complexity index is 883. The van der Waals surface area contributed by atoms with Crippen LogP contribution < -0.4 is 10.6 Å². The fraction of sp³-hybridized carbons (Fsp3) is 0.333. The molecule has 0 fully saturated rings. The molecule has 2 N–H and O–H groups in total. The minimum absolute atomic E-state index is 0.124. The first kappa shape index (κ1) is 18.0. The first-order chi connectivity index (χ1) is 12.6. The van der Waals surface area contributed by atoms with Crippen LogP contribution in [0.15, 0.2) is 48.5 Å². The highest BCUT2D eigenvalue weighted by Gasteiger charge is 2.12. The van der Waals surface area contributed by atoms with Crippen molar-refractivity contribution in [2.75, 3.05) is 6.54 Å². The Morgan fingerprint density at radius 1 is 1.15 bits per heavy atom.